The smallest absolute Gasteiger partial charge is 0.225 e. The van der Waals surface area contributed by atoms with Crippen LogP contribution >= 0.6 is 0 Å². The third-order valence-electron chi connectivity index (χ3n) is 1.92. The van der Waals surface area contributed by atoms with Crippen molar-refractivity contribution in [2.24, 2.45) is 0 Å². The predicted octanol–water partition coefficient (Wildman–Crippen LogP) is 2.77. The third-order valence-corrected chi connectivity index (χ3v) is 1.92. The molecule has 0 aliphatic carbocycles. The van der Waals surface area contributed by atoms with Gasteiger partial charge in [0.2, 0.25) is 5.89 Å². The zero-order valence-electron chi connectivity index (χ0n) is 8.03. The Kier molecular flexibility index (Phi) is 2.49. The van der Waals surface area contributed by atoms with Crippen molar-refractivity contribution in [2.45, 2.75) is 6.92 Å². The Morgan fingerprint density at radius 2 is 2.36 bits per heavy atom. The highest BCUT2D eigenvalue weighted by Gasteiger charge is 2.01. The molecule has 3 heteroatoms. The van der Waals surface area contributed by atoms with Gasteiger partial charge >= 0.3 is 0 Å². The molecule has 1 aromatic carbocycles. The summed E-state index contributed by atoms with van der Waals surface area (Å²) < 4.78 is 5.21. The van der Waals surface area contributed by atoms with E-state index in [9.17, 15) is 0 Å². The second-order valence-corrected chi connectivity index (χ2v) is 2.95. The standard InChI is InChI=1S/C11H12N2O/c1-2-12-10-5-3-4-9(8-10)11-13-6-7-14-11/h3-8,12H,2H2,1H3. The van der Waals surface area contributed by atoms with E-state index in [-0.39, 0.29) is 0 Å². The van der Waals surface area contributed by atoms with Crippen LogP contribution in [0.3, 0.4) is 0 Å². The summed E-state index contributed by atoms with van der Waals surface area (Å²) in [6.45, 7) is 2.98. The van der Waals surface area contributed by atoms with E-state index >= 15 is 0 Å². The van der Waals surface area contributed by atoms with E-state index in [1.165, 1.54) is 0 Å². The maximum atomic E-state index is 5.21. The monoisotopic (exact) mass is 188 g/mol. The molecule has 1 aromatic heterocycles. The van der Waals surface area contributed by atoms with Crippen molar-refractivity contribution >= 4 is 5.69 Å². The van der Waals surface area contributed by atoms with Crippen LogP contribution in [0.4, 0.5) is 5.69 Å². The van der Waals surface area contributed by atoms with Gasteiger partial charge in [0.25, 0.3) is 0 Å². The molecule has 0 atom stereocenters. The van der Waals surface area contributed by atoms with Crippen LogP contribution in [0, 0.1) is 0 Å². The predicted molar refractivity (Wildman–Crippen MR) is 56.1 cm³/mol. The molecular formula is C11H12N2O. The second-order valence-electron chi connectivity index (χ2n) is 2.95. The van der Waals surface area contributed by atoms with Gasteiger partial charge in [-0.15, -0.1) is 0 Å². The van der Waals surface area contributed by atoms with Crippen LogP contribution in [0.25, 0.3) is 11.5 Å². The molecule has 72 valence electrons. The number of hydrogen-bond acceptors (Lipinski definition) is 3. The Hall–Kier alpha value is -1.77. The summed E-state index contributed by atoms with van der Waals surface area (Å²) in [5.41, 5.74) is 2.08. The molecule has 0 unspecified atom stereocenters. The van der Waals surface area contributed by atoms with Gasteiger partial charge < -0.3 is 9.73 Å². The molecule has 0 amide bonds. The van der Waals surface area contributed by atoms with Gasteiger partial charge in [0.05, 0.1) is 6.20 Å². The topological polar surface area (TPSA) is 38.1 Å². The maximum absolute atomic E-state index is 5.21. The van der Waals surface area contributed by atoms with Crippen LogP contribution < -0.4 is 5.32 Å². The molecule has 1 heterocycles. The number of nitrogens with zero attached hydrogens (tertiary/aromatic N) is 1. The van der Waals surface area contributed by atoms with Gasteiger partial charge in [-0.3, -0.25) is 0 Å². The van der Waals surface area contributed by atoms with Gasteiger partial charge in [-0.05, 0) is 25.1 Å². The molecule has 0 fully saturated rings. The highest BCUT2D eigenvalue weighted by atomic mass is 16.3. The first-order chi connectivity index (χ1) is 6.90. The van der Waals surface area contributed by atoms with E-state index in [0.717, 1.165) is 17.8 Å². The first kappa shape index (κ1) is 8.81. The highest BCUT2D eigenvalue weighted by Crippen LogP contribution is 2.20. The number of benzene rings is 1. The molecule has 0 bridgehead atoms. The minimum absolute atomic E-state index is 0.657. The van der Waals surface area contributed by atoms with E-state index in [1.54, 1.807) is 12.5 Å². The average molecular weight is 188 g/mol. The van der Waals surface area contributed by atoms with Crippen molar-refractivity contribution < 1.29 is 4.42 Å². The van der Waals surface area contributed by atoms with Crippen LogP contribution in [0.1, 0.15) is 6.92 Å². The Morgan fingerprint density at radius 3 is 3.07 bits per heavy atom. The summed E-state index contributed by atoms with van der Waals surface area (Å²) in [5.74, 6) is 0.657. The summed E-state index contributed by atoms with van der Waals surface area (Å²) in [7, 11) is 0. The molecule has 1 N–H and O–H groups in total. The summed E-state index contributed by atoms with van der Waals surface area (Å²) in [6.07, 6.45) is 3.23. The largest absolute Gasteiger partial charge is 0.445 e. The molecule has 0 saturated carbocycles. The van der Waals surface area contributed by atoms with E-state index in [1.807, 2.05) is 24.3 Å². The minimum Gasteiger partial charge on any atom is -0.445 e. The van der Waals surface area contributed by atoms with Crippen LogP contribution in [0.2, 0.25) is 0 Å². The zero-order valence-corrected chi connectivity index (χ0v) is 8.03. The van der Waals surface area contributed by atoms with E-state index in [2.05, 4.69) is 17.2 Å². The lowest BCUT2D eigenvalue weighted by Gasteiger charge is -2.03. The number of rotatable bonds is 3. The summed E-state index contributed by atoms with van der Waals surface area (Å²) >= 11 is 0. The van der Waals surface area contributed by atoms with Gasteiger partial charge in [-0.2, -0.15) is 0 Å². The number of aromatic nitrogens is 1. The summed E-state index contributed by atoms with van der Waals surface area (Å²) in [5, 5.41) is 3.24. The van der Waals surface area contributed by atoms with Crippen molar-refractivity contribution in [3.05, 3.63) is 36.7 Å². The molecule has 0 aliphatic rings. The fraction of sp³-hybridized carbons (Fsp3) is 0.182. The van der Waals surface area contributed by atoms with Crippen molar-refractivity contribution in [3.8, 4) is 11.5 Å². The van der Waals surface area contributed by atoms with E-state index in [0.29, 0.717) is 5.89 Å². The Labute approximate surface area is 82.8 Å². The van der Waals surface area contributed by atoms with E-state index < -0.39 is 0 Å². The molecule has 2 aromatic rings. The lowest BCUT2D eigenvalue weighted by molar-refractivity contribution is 0.574. The number of hydrogen-bond donors (Lipinski definition) is 1. The Bertz CT molecular complexity index is 395. The van der Waals surface area contributed by atoms with Crippen LogP contribution in [0.15, 0.2) is 41.1 Å². The lowest BCUT2D eigenvalue weighted by Crippen LogP contribution is -1.95. The minimum atomic E-state index is 0.657. The maximum Gasteiger partial charge on any atom is 0.225 e. The van der Waals surface area contributed by atoms with Crippen LogP contribution in [0.5, 0.6) is 0 Å². The second kappa shape index (κ2) is 3.96. The van der Waals surface area contributed by atoms with Crippen molar-refractivity contribution in [3.63, 3.8) is 0 Å². The molecule has 14 heavy (non-hydrogen) atoms. The van der Waals surface area contributed by atoms with Gasteiger partial charge in [0, 0.05) is 17.8 Å². The quantitative estimate of drug-likeness (QED) is 0.804. The third kappa shape index (κ3) is 1.76. The molecule has 0 radical (unpaired) electrons. The number of nitrogens with one attached hydrogen (secondary N) is 1. The fourth-order valence-electron chi connectivity index (χ4n) is 1.33. The molecule has 0 aliphatic heterocycles. The molecule has 0 saturated heterocycles. The SMILES string of the molecule is CCNc1cccc(-c2ncco2)c1. The number of anilines is 1. The fourth-order valence-corrected chi connectivity index (χ4v) is 1.33. The summed E-state index contributed by atoms with van der Waals surface area (Å²) in [4.78, 5) is 4.09. The molecular weight excluding hydrogens is 176 g/mol. The van der Waals surface area contributed by atoms with E-state index in [4.69, 9.17) is 4.42 Å². The normalized spacial score (nSPS) is 10.1. The highest BCUT2D eigenvalue weighted by molar-refractivity contribution is 5.61. The van der Waals surface area contributed by atoms with Crippen molar-refractivity contribution in [1.82, 2.24) is 4.98 Å². The van der Waals surface area contributed by atoms with Crippen molar-refractivity contribution in [2.75, 3.05) is 11.9 Å². The van der Waals surface area contributed by atoms with Crippen LogP contribution in [-0.4, -0.2) is 11.5 Å². The van der Waals surface area contributed by atoms with Gasteiger partial charge in [0.1, 0.15) is 6.26 Å². The summed E-state index contributed by atoms with van der Waals surface area (Å²) in [6, 6.07) is 8.01. The Balaban J connectivity index is 2.31. The van der Waals surface area contributed by atoms with Crippen LogP contribution in [-0.2, 0) is 0 Å². The van der Waals surface area contributed by atoms with Gasteiger partial charge in [-0.25, -0.2) is 4.98 Å². The Morgan fingerprint density at radius 1 is 1.43 bits per heavy atom. The lowest BCUT2D eigenvalue weighted by atomic mass is 10.2. The zero-order chi connectivity index (χ0) is 9.80. The van der Waals surface area contributed by atoms with Gasteiger partial charge in [-0.1, -0.05) is 6.07 Å². The molecule has 2 rings (SSSR count). The first-order valence-electron chi connectivity index (χ1n) is 4.64. The molecule has 0 spiro atoms. The average Bonchev–Trinajstić information content (AvgIpc) is 2.71. The molecule has 3 nitrogen and oxygen atoms in total. The van der Waals surface area contributed by atoms with Gasteiger partial charge in [0.15, 0.2) is 0 Å². The van der Waals surface area contributed by atoms with Crippen molar-refractivity contribution in [1.29, 1.82) is 0 Å². The number of oxazole rings is 1. The first-order valence-corrected chi connectivity index (χ1v) is 4.64.